The molecule has 110 valence electrons. The van der Waals surface area contributed by atoms with Crippen molar-refractivity contribution >= 4 is 11.9 Å². The number of hydrogen-bond acceptors (Lipinski definition) is 2. The lowest BCUT2D eigenvalue weighted by Crippen LogP contribution is -2.37. The van der Waals surface area contributed by atoms with Gasteiger partial charge in [-0.2, -0.15) is 0 Å². The highest BCUT2D eigenvalue weighted by atomic mass is 16.1. The van der Waals surface area contributed by atoms with Crippen molar-refractivity contribution in [3.63, 3.8) is 0 Å². The number of rotatable bonds is 6. The lowest BCUT2D eigenvalue weighted by molar-refractivity contribution is 0.1000. The van der Waals surface area contributed by atoms with Gasteiger partial charge in [0.2, 0.25) is 5.91 Å². The van der Waals surface area contributed by atoms with E-state index in [4.69, 9.17) is 5.73 Å². The highest BCUT2D eigenvalue weighted by Gasteiger charge is 2.02. The van der Waals surface area contributed by atoms with Crippen molar-refractivity contribution in [2.24, 2.45) is 16.6 Å². The maximum atomic E-state index is 11.1. The van der Waals surface area contributed by atoms with Crippen molar-refractivity contribution in [1.82, 2.24) is 10.6 Å². The van der Waals surface area contributed by atoms with Crippen LogP contribution in [0.15, 0.2) is 29.3 Å². The Kier molecular flexibility index (Phi) is 6.56. The lowest BCUT2D eigenvalue weighted by Gasteiger charge is -2.13. The van der Waals surface area contributed by atoms with Crippen molar-refractivity contribution < 1.29 is 4.79 Å². The van der Waals surface area contributed by atoms with E-state index in [9.17, 15) is 4.79 Å². The first kappa shape index (κ1) is 16.0. The predicted molar refractivity (Wildman–Crippen MR) is 82.6 cm³/mol. The molecule has 0 radical (unpaired) electrons. The van der Waals surface area contributed by atoms with Crippen LogP contribution in [-0.2, 0) is 6.54 Å². The number of aliphatic imine (C=N–C) groups is 1. The number of nitrogens with zero attached hydrogens (tertiary/aromatic N) is 1. The van der Waals surface area contributed by atoms with Gasteiger partial charge in [-0.15, -0.1) is 0 Å². The van der Waals surface area contributed by atoms with E-state index < -0.39 is 5.91 Å². The Hall–Kier alpha value is -2.04. The number of benzene rings is 1. The molecule has 5 nitrogen and oxygen atoms in total. The number of carbonyl (C=O) groups is 1. The molecule has 5 heteroatoms. The zero-order valence-corrected chi connectivity index (χ0v) is 12.4. The first-order valence-electron chi connectivity index (χ1n) is 6.86. The van der Waals surface area contributed by atoms with Gasteiger partial charge in [0, 0.05) is 25.7 Å². The van der Waals surface area contributed by atoms with Gasteiger partial charge >= 0.3 is 0 Å². The Morgan fingerprint density at radius 2 is 2.10 bits per heavy atom. The third kappa shape index (κ3) is 5.73. The number of carbonyl (C=O) groups excluding carboxylic acids is 1. The van der Waals surface area contributed by atoms with E-state index in [0.717, 1.165) is 24.5 Å². The minimum Gasteiger partial charge on any atom is -0.366 e. The van der Waals surface area contributed by atoms with E-state index in [0.29, 0.717) is 18.0 Å². The van der Waals surface area contributed by atoms with Gasteiger partial charge in [-0.3, -0.25) is 9.79 Å². The van der Waals surface area contributed by atoms with E-state index in [2.05, 4.69) is 29.5 Å². The first-order valence-corrected chi connectivity index (χ1v) is 6.86. The van der Waals surface area contributed by atoms with Gasteiger partial charge in [0.25, 0.3) is 0 Å². The molecular weight excluding hydrogens is 252 g/mol. The van der Waals surface area contributed by atoms with Crippen LogP contribution < -0.4 is 16.4 Å². The van der Waals surface area contributed by atoms with Gasteiger partial charge in [0.05, 0.1) is 0 Å². The molecule has 0 aromatic heterocycles. The van der Waals surface area contributed by atoms with Gasteiger partial charge in [0.15, 0.2) is 5.96 Å². The molecule has 4 N–H and O–H groups in total. The molecule has 1 aromatic carbocycles. The molecule has 0 fully saturated rings. The van der Waals surface area contributed by atoms with Crippen LogP contribution in [-0.4, -0.2) is 25.5 Å². The Labute approximate surface area is 120 Å². The molecule has 1 amide bonds. The van der Waals surface area contributed by atoms with Gasteiger partial charge < -0.3 is 16.4 Å². The molecule has 1 rings (SSSR count). The third-order valence-corrected chi connectivity index (χ3v) is 2.91. The summed E-state index contributed by atoms with van der Waals surface area (Å²) in [6.45, 7) is 5.86. The molecule has 0 saturated carbocycles. The van der Waals surface area contributed by atoms with Crippen molar-refractivity contribution in [3.8, 4) is 0 Å². The predicted octanol–water partition coefficient (Wildman–Crippen LogP) is 1.50. The van der Waals surface area contributed by atoms with Crippen LogP contribution in [0.25, 0.3) is 0 Å². The molecule has 0 aliphatic carbocycles. The standard InChI is InChI=1S/C15H24N4O/c1-11(2)7-8-18-15(17-3)19-10-12-5-4-6-13(9-12)14(16)20/h4-6,9,11H,7-8,10H2,1-3H3,(H2,16,20)(H2,17,18,19). The third-order valence-electron chi connectivity index (χ3n) is 2.91. The summed E-state index contributed by atoms with van der Waals surface area (Å²) in [5.41, 5.74) is 6.78. The van der Waals surface area contributed by atoms with E-state index in [1.54, 1.807) is 19.2 Å². The molecule has 0 spiro atoms. The fourth-order valence-electron chi connectivity index (χ4n) is 1.72. The number of guanidine groups is 1. The molecule has 0 aliphatic rings. The smallest absolute Gasteiger partial charge is 0.248 e. The molecule has 0 unspecified atom stereocenters. The van der Waals surface area contributed by atoms with E-state index in [1.807, 2.05) is 12.1 Å². The Bertz CT molecular complexity index is 469. The van der Waals surface area contributed by atoms with Crippen molar-refractivity contribution in [2.45, 2.75) is 26.8 Å². The largest absolute Gasteiger partial charge is 0.366 e. The van der Waals surface area contributed by atoms with E-state index in [-0.39, 0.29) is 0 Å². The molecule has 0 aliphatic heterocycles. The van der Waals surface area contributed by atoms with Gasteiger partial charge in [-0.1, -0.05) is 26.0 Å². The minimum absolute atomic E-state index is 0.411. The molecule has 0 bridgehead atoms. The molecule has 1 aromatic rings. The number of hydrogen-bond donors (Lipinski definition) is 3. The van der Waals surface area contributed by atoms with Crippen LogP contribution in [0, 0.1) is 5.92 Å². The first-order chi connectivity index (χ1) is 9.52. The minimum atomic E-state index is -0.411. The zero-order valence-electron chi connectivity index (χ0n) is 12.4. The topological polar surface area (TPSA) is 79.5 Å². The summed E-state index contributed by atoms with van der Waals surface area (Å²) in [5, 5.41) is 6.47. The maximum absolute atomic E-state index is 11.1. The van der Waals surface area contributed by atoms with E-state index in [1.165, 1.54) is 0 Å². The van der Waals surface area contributed by atoms with Crippen LogP contribution in [0.2, 0.25) is 0 Å². The number of primary amides is 1. The molecule has 0 saturated heterocycles. The summed E-state index contributed by atoms with van der Waals surface area (Å²) in [7, 11) is 1.74. The summed E-state index contributed by atoms with van der Waals surface area (Å²) in [6.07, 6.45) is 1.10. The van der Waals surface area contributed by atoms with Crippen LogP contribution >= 0.6 is 0 Å². The fraction of sp³-hybridized carbons (Fsp3) is 0.467. The highest BCUT2D eigenvalue weighted by Crippen LogP contribution is 2.04. The Balaban J connectivity index is 2.48. The normalized spacial score (nSPS) is 11.5. The lowest BCUT2D eigenvalue weighted by atomic mass is 10.1. The SMILES string of the molecule is CN=C(NCCC(C)C)NCc1cccc(C(N)=O)c1. The van der Waals surface area contributed by atoms with Crippen LogP contribution in [0.4, 0.5) is 0 Å². The summed E-state index contributed by atoms with van der Waals surface area (Å²) in [6, 6.07) is 7.27. The Morgan fingerprint density at radius 3 is 2.70 bits per heavy atom. The summed E-state index contributed by atoms with van der Waals surface area (Å²) >= 11 is 0. The highest BCUT2D eigenvalue weighted by molar-refractivity contribution is 5.92. The molecular formula is C15H24N4O. The van der Waals surface area contributed by atoms with E-state index >= 15 is 0 Å². The van der Waals surface area contributed by atoms with Crippen molar-refractivity contribution in [3.05, 3.63) is 35.4 Å². The summed E-state index contributed by atoms with van der Waals surface area (Å²) in [5.74, 6) is 1.01. The van der Waals surface area contributed by atoms with Gasteiger partial charge in [-0.05, 0) is 30.0 Å². The van der Waals surface area contributed by atoms with Crippen molar-refractivity contribution in [1.29, 1.82) is 0 Å². The second kappa shape index (κ2) is 8.19. The summed E-state index contributed by atoms with van der Waals surface area (Å²) < 4.78 is 0. The van der Waals surface area contributed by atoms with Crippen LogP contribution in [0.1, 0.15) is 36.2 Å². The average molecular weight is 276 g/mol. The molecule has 20 heavy (non-hydrogen) atoms. The van der Waals surface area contributed by atoms with Crippen LogP contribution in [0.5, 0.6) is 0 Å². The zero-order chi connectivity index (χ0) is 15.0. The Morgan fingerprint density at radius 1 is 1.35 bits per heavy atom. The number of nitrogens with two attached hydrogens (primary N) is 1. The second-order valence-corrected chi connectivity index (χ2v) is 5.10. The van der Waals surface area contributed by atoms with Crippen molar-refractivity contribution in [2.75, 3.05) is 13.6 Å². The number of nitrogens with one attached hydrogen (secondary N) is 2. The fourth-order valence-corrected chi connectivity index (χ4v) is 1.72. The average Bonchev–Trinajstić information content (AvgIpc) is 2.42. The maximum Gasteiger partial charge on any atom is 0.248 e. The second-order valence-electron chi connectivity index (χ2n) is 5.10. The van der Waals surface area contributed by atoms with Crippen LogP contribution in [0.3, 0.4) is 0 Å². The number of amides is 1. The monoisotopic (exact) mass is 276 g/mol. The van der Waals surface area contributed by atoms with Gasteiger partial charge in [-0.25, -0.2) is 0 Å². The quantitative estimate of drug-likeness (QED) is 0.544. The molecule has 0 atom stereocenters. The van der Waals surface area contributed by atoms with Gasteiger partial charge in [0.1, 0.15) is 0 Å². The molecule has 0 heterocycles. The summed E-state index contributed by atoms with van der Waals surface area (Å²) in [4.78, 5) is 15.3.